The smallest absolute Gasteiger partial charge is 0.333 e. The predicted octanol–water partition coefficient (Wildman–Crippen LogP) is 2.26. The number of hydrogen-bond donors (Lipinski definition) is 3. The second-order valence-corrected chi connectivity index (χ2v) is 5.94. The van der Waals surface area contributed by atoms with E-state index in [0.29, 0.717) is 26.4 Å². The van der Waals surface area contributed by atoms with E-state index in [9.17, 15) is 9.59 Å². The second-order valence-electron chi connectivity index (χ2n) is 4.42. The molecule has 1 heterocycles. The number of urea groups is 1. The monoisotopic (exact) mass is 354 g/mol. The lowest BCUT2D eigenvalue weighted by Gasteiger charge is -2.05. The van der Waals surface area contributed by atoms with Crippen LogP contribution < -0.4 is 20.9 Å². The molecule has 0 unspecified atom stereocenters. The molecule has 0 fully saturated rings. The van der Waals surface area contributed by atoms with Gasteiger partial charge >= 0.3 is 6.03 Å². The number of ether oxygens (including phenoxy) is 1. The van der Waals surface area contributed by atoms with Crippen molar-refractivity contribution in [3.63, 3.8) is 0 Å². The summed E-state index contributed by atoms with van der Waals surface area (Å²) in [6, 6.07) is 6.46. The van der Waals surface area contributed by atoms with Crippen LogP contribution in [-0.2, 0) is 6.61 Å². The second kappa shape index (κ2) is 7.80. The summed E-state index contributed by atoms with van der Waals surface area (Å²) in [6.45, 7) is 1.96. The SMILES string of the molecule is CNC(=O)NNC(=O)c1sc(COc2ccc(Cl)cc2)nc1C. The van der Waals surface area contributed by atoms with Crippen molar-refractivity contribution in [2.24, 2.45) is 0 Å². The van der Waals surface area contributed by atoms with Crippen molar-refractivity contribution in [3.8, 4) is 5.75 Å². The van der Waals surface area contributed by atoms with Crippen LogP contribution in [0.15, 0.2) is 24.3 Å². The van der Waals surface area contributed by atoms with Crippen LogP contribution in [0, 0.1) is 6.92 Å². The molecule has 0 spiro atoms. The maximum atomic E-state index is 12.0. The lowest BCUT2D eigenvalue weighted by Crippen LogP contribution is -2.45. The van der Waals surface area contributed by atoms with E-state index in [1.807, 2.05) is 0 Å². The van der Waals surface area contributed by atoms with E-state index >= 15 is 0 Å². The zero-order chi connectivity index (χ0) is 16.8. The molecule has 0 aliphatic heterocycles. The number of nitrogens with zero attached hydrogens (tertiary/aromatic N) is 1. The van der Waals surface area contributed by atoms with E-state index in [2.05, 4.69) is 21.2 Å². The number of aromatic nitrogens is 1. The first kappa shape index (κ1) is 17.0. The Balaban J connectivity index is 1.96. The first-order chi connectivity index (χ1) is 11.0. The highest BCUT2D eigenvalue weighted by Crippen LogP contribution is 2.21. The number of amides is 3. The molecule has 1 aromatic carbocycles. The molecule has 3 amide bonds. The molecule has 3 N–H and O–H groups in total. The molecule has 0 saturated heterocycles. The summed E-state index contributed by atoms with van der Waals surface area (Å²) in [4.78, 5) is 27.7. The van der Waals surface area contributed by atoms with Gasteiger partial charge in [0.15, 0.2) is 0 Å². The minimum Gasteiger partial charge on any atom is -0.486 e. The minimum absolute atomic E-state index is 0.239. The number of hydrogen-bond acceptors (Lipinski definition) is 5. The number of benzene rings is 1. The molecule has 0 saturated carbocycles. The van der Waals surface area contributed by atoms with Gasteiger partial charge in [0.05, 0.1) is 5.69 Å². The molecule has 9 heteroatoms. The van der Waals surface area contributed by atoms with Gasteiger partial charge in [0, 0.05) is 12.1 Å². The standard InChI is InChI=1S/C14H15ClN4O3S/c1-8-12(13(20)18-19-14(21)16-2)23-11(17-8)7-22-10-5-3-9(15)4-6-10/h3-6H,7H2,1-2H3,(H,18,20)(H2,16,19,21). The number of aryl methyl sites for hydroxylation is 1. The van der Waals surface area contributed by atoms with E-state index in [4.69, 9.17) is 16.3 Å². The van der Waals surface area contributed by atoms with Crippen LogP contribution in [0.2, 0.25) is 5.02 Å². The van der Waals surface area contributed by atoms with Crippen LogP contribution in [0.25, 0.3) is 0 Å². The van der Waals surface area contributed by atoms with Crippen LogP contribution in [-0.4, -0.2) is 24.0 Å². The van der Waals surface area contributed by atoms with Crippen molar-refractivity contribution in [2.75, 3.05) is 7.05 Å². The van der Waals surface area contributed by atoms with Crippen molar-refractivity contribution >= 4 is 34.9 Å². The van der Waals surface area contributed by atoms with Gasteiger partial charge in [-0.25, -0.2) is 15.2 Å². The number of carbonyl (C=O) groups excluding carboxylic acids is 2. The Morgan fingerprint density at radius 2 is 1.96 bits per heavy atom. The van der Waals surface area contributed by atoms with E-state index in [0.717, 1.165) is 0 Å². The van der Waals surface area contributed by atoms with E-state index in [-0.39, 0.29) is 6.61 Å². The quantitative estimate of drug-likeness (QED) is 0.734. The molecular formula is C14H15ClN4O3S. The van der Waals surface area contributed by atoms with Crippen LogP contribution in [0.3, 0.4) is 0 Å². The minimum atomic E-state index is -0.508. The maximum absolute atomic E-state index is 12.0. The summed E-state index contributed by atoms with van der Waals surface area (Å²) >= 11 is 7.01. The average Bonchev–Trinajstić information content (AvgIpc) is 2.92. The highest BCUT2D eigenvalue weighted by molar-refractivity contribution is 7.13. The Bertz CT molecular complexity index is 703. The number of rotatable bonds is 4. The Kier molecular flexibility index (Phi) is 5.78. The van der Waals surface area contributed by atoms with Gasteiger partial charge in [-0.2, -0.15) is 0 Å². The molecule has 0 aliphatic rings. The van der Waals surface area contributed by atoms with Gasteiger partial charge in [-0.3, -0.25) is 10.2 Å². The largest absolute Gasteiger partial charge is 0.486 e. The third-order valence-corrected chi connectivity index (χ3v) is 4.12. The third-order valence-electron chi connectivity index (χ3n) is 2.74. The number of hydrazine groups is 1. The molecular weight excluding hydrogens is 340 g/mol. The number of thiazole rings is 1. The molecule has 0 bridgehead atoms. The molecule has 2 rings (SSSR count). The molecule has 0 radical (unpaired) electrons. The Labute approximate surface area is 142 Å². The molecule has 23 heavy (non-hydrogen) atoms. The Morgan fingerprint density at radius 3 is 2.61 bits per heavy atom. The first-order valence-electron chi connectivity index (χ1n) is 6.62. The number of nitrogens with one attached hydrogen (secondary N) is 3. The van der Waals surface area contributed by atoms with Gasteiger partial charge in [-0.15, -0.1) is 11.3 Å². The fraction of sp³-hybridized carbons (Fsp3) is 0.214. The average molecular weight is 355 g/mol. The summed E-state index contributed by atoms with van der Waals surface area (Å²) < 4.78 is 5.59. The normalized spacial score (nSPS) is 10.0. The molecule has 1 aromatic heterocycles. The van der Waals surface area contributed by atoms with Gasteiger partial charge in [0.1, 0.15) is 22.2 Å². The van der Waals surface area contributed by atoms with Crippen molar-refractivity contribution < 1.29 is 14.3 Å². The van der Waals surface area contributed by atoms with Crippen LogP contribution in [0.5, 0.6) is 5.75 Å². The zero-order valence-electron chi connectivity index (χ0n) is 12.5. The van der Waals surface area contributed by atoms with Crippen LogP contribution in [0.1, 0.15) is 20.4 Å². The highest BCUT2D eigenvalue weighted by Gasteiger charge is 2.16. The fourth-order valence-electron chi connectivity index (χ4n) is 1.63. The van der Waals surface area contributed by atoms with Crippen LogP contribution >= 0.6 is 22.9 Å². The predicted molar refractivity (Wildman–Crippen MR) is 87.7 cm³/mol. The van der Waals surface area contributed by atoms with Crippen LogP contribution in [0.4, 0.5) is 4.79 Å². The van der Waals surface area contributed by atoms with Crippen molar-refractivity contribution in [1.82, 2.24) is 21.2 Å². The van der Waals surface area contributed by atoms with Gasteiger partial charge in [0.25, 0.3) is 5.91 Å². The Hall–Kier alpha value is -2.32. The molecule has 0 atom stereocenters. The first-order valence-corrected chi connectivity index (χ1v) is 7.81. The van der Waals surface area contributed by atoms with E-state index < -0.39 is 11.9 Å². The van der Waals surface area contributed by atoms with Gasteiger partial charge in [-0.05, 0) is 31.2 Å². The lowest BCUT2D eigenvalue weighted by molar-refractivity contribution is 0.0940. The summed E-state index contributed by atoms with van der Waals surface area (Å²) in [5.74, 6) is 0.232. The molecule has 7 nitrogen and oxygen atoms in total. The molecule has 2 aromatic rings. The van der Waals surface area contributed by atoms with Gasteiger partial charge < -0.3 is 10.1 Å². The summed E-state index contributed by atoms with van der Waals surface area (Å²) in [5, 5.41) is 3.61. The van der Waals surface area contributed by atoms with E-state index in [1.54, 1.807) is 31.2 Å². The third kappa shape index (κ3) is 4.83. The fourth-order valence-corrected chi connectivity index (χ4v) is 2.63. The maximum Gasteiger partial charge on any atom is 0.333 e. The topological polar surface area (TPSA) is 92.4 Å². The summed E-state index contributed by atoms with van der Waals surface area (Å²) in [5.41, 5.74) is 5.08. The zero-order valence-corrected chi connectivity index (χ0v) is 14.0. The van der Waals surface area contributed by atoms with Crippen molar-refractivity contribution in [3.05, 3.63) is 44.9 Å². The van der Waals surface area contributed by atoms with Gasteiger partial charge in [-0.1, -0.05) is 11.6 Å². The lowest BCUT2D eigenvalue weighted by atomic mass is 10.3. The summed E-state index contributed by atoms with van der Waals surface area (Å²) in [7, 11) is 1.45. The number of halogens is 1. The Morgan fingerprint density at radius 1 is 1.26 bits per heavy atom. The van der Waals surface area contributed by atoms with Crippen molar-refractivity contribution in [1.29, 1.82) is 0 Å². The van der Waals surface area contributed by atoms with Crippen molar-refractivity contribution in [2.45, 2.75) is 13.5 Å². The number of carbonyl (C=O) groups is 2. The van der Waals surface area contributed by atoms with E-state index in [1.165, 1.54) is 18.4 Å². The highest BCUT2D eigenvalue weighted by atomic mass is 35.5. The van der Waals surface area contributed by atoms with Gasteiger partial charge in [0.2, 0.25) is 0 Å². The molecule has 0 aliphatic carbocycles. The summed E-state index contributed by atoms with van der Waals surface area (Å²) in [6.07, 6.45) is 0. The molecule has 122 valence electrons.